The second-order valence-corrected chi connectivity index (χ2v) is 14.9. The van der Waals surface area contributed by atoms with Crippen molar-refractivity contribution in [1.82, 2.24) is 15.0 Å². The highest BCUT2D eigenvalue weighted by Gasteiger charge is 2.23. The normalized spacial score (nSPS) is 11.6. The Balaban J connectivity index is 1.28. The van der Waals surface area contributed by atoms with Gasteiger partial charge in [0.25, 0.3) is 0 Å². The Kier molecular flexibility index (Phi) is 7.35. The van der Waals surface area contributed by atoms with Crippen LogP contribution in [0, 0.1) is 0 Å². The molecule has 256 valence electrons. The number of thiophene rings is 1. The van der Waals surface area contributed by atoms with Gasteiger partial charge in [0.15, 0.2) is 17.5 Å². The molecule has 0 saturated heterocycles. The molecular formula is C51H31N3S. The Labute approximate surface area is 321 Å². The summed E-state index contributed by atoms with van der Waals surface area (Å²) in [6, 6.07) is 66.6. The number of nitrogens with zero attached hydrogens (tertiary/aromatic N) is 3. The van der Waals surface area contributed by atoms with Crippen molar-refractivity contribution in [2.75, 3.05) is 0 Å². The molecule has 9 aromatic carbocycles. The Morgan fingerprint density at radius 3 is 1.47 bits per heavy atom. The summed E-state index contributed by atoms with van der Waals surface area (Å²) in [6.07, 6.45) is 0. The Hall–Kier alpha value is -7.01. The molecule has 0 amide bonds. The van der Waals surface area contributed by atoms with Gasteiger partial charge in [0.05, 0.1) is 0 Å². The molecule has 2 heterocycles. The minimum absolute atomic E-state index is 0.641. The van der Waals surface area contributed by atoms with E-state index in [9.17, 15) is 0 Å². The van der Waals surface area contributed by atoms with Crippen molar-refractivity contribution in [3.8, 4) is 56.4 Å². The minimum atomic E-state index is 0.641. The molecule has 11 aromatic rings. The molecular weight excluding hydrogens is 687 g/mol. The summed E-state index contributed by atoms with van der Waals surface area (Å²) in [7, 11) is 0. The molecule has 0 aliphatic carbocycles. The van der Waals surface area contributed by atoms with E-state index in [2.05, 4.69) is 164 Å². The summed E-state index contributed by atoms with van der Waals surface area (Å²) in [5.41, 5.74) is 7.58. The molecule has 0 N–H and O–H groups in total. The maximum Gasteiger partial charge on any atom is 0.164 e. The monoisotopic (exact) mass is 717 g/mol. The van der Waals surface area contributed by atoms with Crippen LogP contribution in [0.1, 0.15) is 0 Å². The molecule has 3 nitrogen and oxygen atoms in total. The summed E-state index contributed by atoms with van der Waals surface area (Å²) >= 11 is 1.87. The van der Waals surface area contributed by atoms with E-state index in [-0.39, 0.29) is 0 Å². The third kappa shape index (κ3) is 5.22. The molecule has 0 spiro atoms. The number of hydrogen-bond donors (Lipinski definition) is 0. The van der Waals surface area contributed by atoms with Crippen LogP contribution >= 0.6 is 11.3 Å². The van der Waals surface area contributed by atoms with E-state index in [1.54, 1.807) is 0 Å². The van der Waals surface area contributed by atoms with Gasteiger partial charge in [-0.15, -0.1) is 11.3 Å². The maximum absolute atomic E-state index is 5.38. The largest absolute Gasteiger partial charge is 0.208 e. The molecule has 0 atom stereocenters. The van der Waals surface area contributed by atoms with Crippen LogP contribution < -0.4 is 0 Å². The SMILES string of the molecule is c1ccc(-c2cccc(-c3nc(-c4ccccc4)nc(-c4cc5c6ccccc6c6ccccc6c5c5sc6c(-c7ccccc7)cccc6c45)n3)c2)cc1. The number of fused-ring (bicyclic) bond motifs is 10. The molecule has 0 unspecified atom stereocenters. The fraction of sp³-hybridized carbons (Fsp3) is 0. The van der Waals surface area contributed by atoms with Gasteiger partial charge in [0.2, 0.25) is 0 Å². The zero-order valence-electron chi connectivity index (χ0n) is 29.6. The third-order valence-electron chi connectivity index (χ3n) is 10.7. The predicted molar refractivity (Wildman–Crippen MR) is 232 cm³/mol. The summed E-state index contributed by atoms with van der Waals surface area (Å²) < 4.78 is 2.49. The second kappa shape index (κ2) is 12.8. The van der Waals surface area contributed by atoms with Gasteiger partial charge in [-0.25, -0.2) is 15.0 Å². The van der Waals surface area contributed by atoms with E-state index < -0.39 is 0 Å². The average molecular weight is 718 g/mol. The maximum atomic E-state index is 5.38. The Morgan fingerprint density at radius 2 is 0.764 bits per heavy atom. The zero-order valence-corrected chi connectivity index (χ0v) is 30.5. The minimum Gasteiger partial charge on any atom is -0.208 e. The second-order valence-electron chi connectivity index (χ2n) is 13.9. The van der Waals surface area contributed by atoms with Crippen LogP contribution in [0.15, 0.2) is 188 Å². The van der Waals surface area contributed by atoms with E-state index >= 15 is 0 Å². The van der Waals surface area contributed by atoms with Crippen LogP contribution in [0.3, 0.4) is 0 Å². The van der Waals surface area contributed by atoms with Crippen molar-refractivity contribution < 1.29 is 0 Å². The van der Waals surface area contributed by atoms with Crippen molar-refractivity contribution in [3.63, 3.8) is 0 Å². The van der Waals surface area contributed by atoms with Crippen molar-refractivity contribution in [2.24, 2.45) is 0 Å². The summed E-state index contributed by atoms with van der Waals surface area (Å²) in [5, 5.41) is 9.78. The first-order valence-electron chi connectivity index (χ1n) is 18.5. The first kappa shape index (κ1) is 31.5. The van der Waals surface area contributed by atoms with E-state index in [0.717, 1.165) is 27.8 Å². The highest BCUT2D eigenvalue weighted by molar-refractivity contribution is 7.27. The zero-order chi connectivity index (χ0) is 36.3. The lowest BCUT2D eigenvalue weighted by molar-refractivity contribution is 1.08. The predicted octanol–water partition coefficient (Wildman–Crippen LogP) is 14.0. The quantitative estimate of drug-likeness (QED) is 0.166. The fourth-order valence-corrected chi connectivity index (χ4v) is 9.60. The third-order valence-corrected chi connectivity index (χ3v) is 12.0. The van der Waals surface area contributed by atoms with Gasteiger partial charge in [0.1, 0.15) is 0 Å². The van der Waals surface area contributed by atoms with Crippen LogP contribution in [0.2, 0.25) is 0 Å². The lowest BCUT2D eigenvalue weighted by Crippen LogP contribution is -2.01. The van der Waals surface area contributed by atoms with Crippen molar-refractivity contribution >= 4 is 63.8 Å². The molecule has 0 fully saturated rings. The standard InChI is InChI=1S/C51H31N3S/c1-4-16-32(17-5-1)35-22-14-23-36(30-35)50-52-49(34-20-8-3-9-21-34)53-51(54-50)44-31-43-40-26-11-10-24-38(40)39-25-12-13-27-41(39)45(43)48-46(44)42-29-15-28-37(47(42)55-48)33-18-6-2-7-19-33/h1-31H. The molecule has 0 aliphatic heterocycles. The lowest BCUT2D eigenvalue weighted by Gasteiger charge is -2.15. The van der Waals surface area contributed by atoms with Crippen LogP contribution in [0.25, 0.3) is 109 Å². The van der Waals surface area contributed by atoms with E-state index in [1.165, 1.54) is 63.6 Å². The van der Waals surface area contributed by atoms with Crippen molar-refractivity contribution in [2.45, 2.75) is 0 Å². The van der Waals surface area contributed by atoms with E-state index in [1.807, 2.05) is 35.6 Å². The lowest BCUT2D eigenvalue weighted by atomic mass is 9.91. The number of benzene rings is 9. The number of aromatic nitrogens is 3. The molecule has 0 bridgehead atoms. The summed E-state index contributed by atoms with van der Waals surface area (Å²) in [5.74, 6) is 1.94. The Bertz CT molecular complexity index is 3240. The topological polar surface area (TPSA) is 38.7 Å². The van der Waals surface area contributed by atoms with Gasteiger partial charge in [0, 0.05) is 42.2 Å². The Morgan fingerprint density at radius 1 is 0.273 bits per heavy atom. The molecule has 55 heavy (non-hydrogen) atoms. The smallest absolute Gasteiger partial charge is 0.164 e. The average Bonchev–Trinajstić information content (AvgIpc) is 3.67. The van der Waals surface area contributed by atoms with E-state index in [0.29, 0.717) is 17.5 Å². The fourth-order valence-electron chi connectivity index (χ4n) is 8.17. The first-order chi connectivity index (χ1) is 27.3. The molecule has 2 aromatic heterocycles. The van der Waals surface area contributed by atoms with Gasteiger partial charge in [-0.2, -0.15) is 0 Å². The first-order valence-corrected chi connectivity index (χ1v) is 19.3. The van der Waals surface area contributed by atoms with Crippen LogP contribution in [0.4, 0.5) is 0 Å². The highest BCUT2D eigenvalue weighted by Crippen LogP contribution is 2.50. The van der Waals surface area contributed by atoms with Crippen LogP contribution in [-0.4, -0.2) is 15.0 Å². The van der Waals surface area contributed by atoms with Crippen molar-refractivity contribution in [1.29, 1.82) is 0 Å². The number of rotatable bonds is 5. The van der Waals surface area contributed by atoms with Gasteiger partial charge in [-0.05, 0) is 61.3 Å². The molecule has 0 radical (unpaired) electrons. The number of hydrogen-bond acceptors (Lipinski definition) is 4. The van der Waals surface area contributed by atoms with Crippen LogP contribution in [0.5, 0.6) is 0 Å². The van der Waals surface area contributed by atoms with Crippen LogP contribution in [-0.2, 0) is 0 Å². The molecule has 4 heteroatoms. The van der Waals surface area contributed by atoms with Gasteiger partial charge in [-0.1, -0.05) is 176 Å². The van der Waals surface area contributed by atoms with E-state index in [4.69, 9.17) is 15.0 Å². The van der Waals surface area contributed by atoms with Gasteiger partial charge >= 0.3 is 0 Å². The summed E-state index contributed by atoms with van der Waals surface area (Å²) in [6.45, 7) is 0. The molecule has 11 rings (SSSR count). The van der Waals surface area contributed by atoms with Crippen molar-refractivity contribution in [3.05, 3.63) is 188 Å². The van der Waals surface area contributed by atoms with Gasteiger partial charge in [-0.3, -0.25) is 0 Å². The summed E-state index contributed by atoms with van der Waals surface area (Å²) in [4.78, 5) is 15.9. The van der Waals surface area contributed by atoms with Gasteiger partial charge < -0.3 is 0 Å². The molecule has 0 saturated carbocycles. The highest BCUT2D eigenvalue weighted by atomic mass is 32.1. The molecule has 0 aliphatic rings.